The zero-order valence-electron chi connectivity index (χ0n) is 35.5. The molecule has 5 heteroatoms. The number of phenols is 1. The van der Waals surface area contributed by atoms with E-state index < -0.39 is 0 Å². The van der Waals surface area contributed by atoms with Crippen LogP contribution < -0.4 is 0 Å². The predicted molar refractivity (Wildman–Crippen MR) is 254 cm³/mol. The van der Waals surface area contributed by atoms with Crippen molar-refractivity contribution < 1.29 is 5.11 Å². The Morgan fingerprint density at radius 1 is 0.475 bits per heavy atom. The van der Waals surface area contributed by atoms with E-state index in [9.17, 15) is 5.11 Å². The minimum atomic E-state index is -0.299. The molecule has 7 aromatic carbocycles. The average Bonchev–Trinajstić information content (AvgIpc) is 3.83. The van der Waals surface area contributed by atoms with Crippen LogP contribution in [-0.2, 0) is 10.8 Å². The van der Waals surface area contributed by atoms with E-state index in [0.717, 1.165) is 83.5 Å². The summed E-state index contributed by atoms with van der Waals surface area (Å²) >= 11 is 0. The van der Waals surface area contributed by atoms with Gasteiger partial charge in [-0.05, 0) is 99.8 Å². The Labute approximate surface area is 357 Å². The predicted octanol–water partition coefficient (Wildman–Crippen LogP) is 14.5. The van der Waals surface area contributed by atoms with Gasteiger partial charge in [-0.3, -0.25) is 9.55 Å². The van der Waals surface area contributed by atoms with Gasteiger partial charge in [-0.1, -0.05) is 145 Å². The molecule has 0 radical (unpaired) electrons. The van der Waals surface area contributed by atoms with Gasteiger partial charge in [-0.25, -0.2) is 4.98 Å². The first-order valence-corrected chi connectivity index (χ1v) is 21.1. The summed E-state index contributed by atoms with van der Waals surface area (Å²) in [6.07, 6.45) is 1.94. The van der Waals surface area contributed by atoms with Crippen molar-refractivity contribution in [3.05, 3.63) is 187 Å². The summed E-state index contributed by atoms with van der Waals surface area (Å²) in [7, 11) is 0. The number of rotatable bonds is 6. The number of hydrogen-bond donors (Lipinski definition) is 1. The van der Waals surface area contributed by atoms with Crippen LogP contribution in [0.25, 0.3) is 89.1 Å². The van der Waals surface area contributed by atoms with Gasteiger partial charge in [-0.15, -0.1) is 0 Å². The fourth-order valence-corrected chi connectivity index (χ4v) is 8.85. The zero-order valence-corrected chi connectivity index (χ0v) is 35.5. The van der Waals surface area contributed by atoms with Crippen molar-refractivity contribution >= 4 is 32.8 Å². The van der Waals surface area contributed by atoms with Crippen LogP contribution in [0, 0.1) is 0 Å². The number of nitrogens with zero attached hydrogens (tertiary/aromatic N) is 4. The molecular formula is C56H48N4O. The van der Waals surface area contributed by atoms with Gasteiger partial charge in [0.05, 0.1) is 33.3 Å². The molecule has 298 valence electrons. The number of pyridine rings is 1. The average molecular weight is 793 g/mol. The summed E-state index contributed by atoms with van der Waals surface area (Å²) in [5, 5.41) is 14.6. The van der Waals surface area contributed by atoms with E-state index in [-0.39, 0.29) is 16.6 Å². The molecule has 0 saturated carbocycles. The lowest BCUT2D eigenvalue weighted by atomic mass is 9.79. The number of benzene rings is 7. The van der Waals surface area contributed by atoms with Crippen molar-refractivity contribution in [2.75, 3.05) is 0 Å². The fraction of sp³-hybridized carbons (Fsp3) is 0.143. The highest BCUT2D eigenvalue weighted by molar-refractivity contribution is 6.13. The van der Waals surface area contributed by atoms with Gasteiger partial charge >= 0.3 is 0 Å². The van der Waals surface area contributed by atoms with Crippen LogP contribution in [0.1, 0.15) is 52.7 Å². The first-order valence-electron chi connectivity index (χ1n) is 21.1. The van der Waals surface area contributed by atoms with Gasteiger partial charge < -0.3 is 9.67 Å². The number of hydrogen-bond acceptors (Lipinski definition) is 3. The monoisotopic (exact) mass is 792 g/mol. The van der Waals surface area contributed by atoms with E-state index in [2.05, 4.69) is 214 Å². The number of imidazole rings is 1. The summed E-state index contributed by atoms with van der Waals surface area (Å²) in [5.74, 6) is 0.955. The molecule has 0 aliphatic carbocycles. The standard InChI is InChI=1S/C56H48N4O/c1-55(2,3)40-34-46(53(61)47(35-40)56(4,5)6)54-58-51-43(26-18-28-49(51)60(54)42-23-14-9-15-24-42)38-31-37(36-19-10-7-11-20-36)32-39(33-38)50-52-45(29-30-57-50)44-25-16-17-27-48(44)59(52)41-21-12-8-13-22-41/h7-35,61H,1-6H3. The van der Waals surface area contributed by atoms with Crippen molar-refractivity contribution in [1.82, 2.24) is 19.1 Å². The largest absolute Gasteiger partial charge is 0.507 e. The molecule has 0 spiro atoms. The molecule has 0 bridgehead atoms. The molecule has 3 heterocycles. The van der Waals surface area contributed by atoms with Crippen molar-refractivity contribution in [2.24, 2.45) is 0 Å². The smallest absolute Gasteiger partial charge is 0.149 e. The molecule has 61 heavy (non-hydrogen) atoms. The molecule has 0 atom stereocenters. The maximum Gasteiger partial charge on any atom is 0.149 e. The van der Waals surface area contributed by atoms with Crippen molar-refractivity contribution in [1.29, 1.82) is 0 Å². The van der Waals surface area contributed by atoms with Crippen LogP contribution in [0.15, 0.2) is 176 Å². The molecule has 3 aromatic heterocycles. The second kappa shape index (κ2) is 14.5. The lowest BCUT2D eigenvalue weighted by Gasteiger charge is -2.27. The Morgan fingerprint density at radius 3 is 1.77 bits per heavy atom. The highest BCUT2D eigenvalue weighted by atomic mass is 16.3. The number of fused-ring (bicyclic) bond motifs is 4. The summed E-state index contributed by atoms with van der Waals surface area (Å²) in [5.41, 5.74) is 14.5. The normalized spacial score (nSPS) is 12.2. The van der Waals surface area contributed by atoms with Crippen LogP contribution >= 0.6 is 0 Å². The van der Waals surface area contributed by atoms with Crippen molar-refractivity contribution in [3.8, 4) is 62.0 Å². The molecule has 0 fully saturated rings. The lowest BCUT2D eigenvalue weighted by molar-refractivity contribution is 0.446. The van der Waals surface area contributed by atoms with Crippen LogP contribution in [-0.4, -0.2) is 24.2 Å². The topological polar surface area (TPSA) is 55.9 Å². The van der Waals surface area contributed by atoms with Crippen LogP contribution in [0.3, 0.4) is 0 Å². The molecule has 5 nitrogen and oxygen atoms in total. The fourth-order valence-electron chi connectivity index (χ4n) is 8.85. The molecular weight excluding hydrogens is 745 g/mol. The maximum absolute atomic E-state index is 12.3. The van der Waals surface area contributed by atoms with Crippen LogP contribution in [0.4, 0.5) is 0 Å². The highest BCUT2D eigenvalue weighted by Gasteiger charge is 2.29. The lowest BCUT2D eigenvalue weighted by Crippen LogP contribution is -2.17. The molecule has 0 aliphatic rings. The molecule has 0 amide bonds. The van der Waals surface area contributed by atoms with Gasteiger partial charge in [0, 0.05) is 45.0 Å². The third-order valence-corrected chi connectivity index (χ3v) is 11.9. The van der Waals surface area contributed by atoms with E-state index in [0.29, 0.717) is 11.4 Å². The minimum absolute atomic E-state index is 0.158. The Hall–Kier alpha value is -7.24. The second-order valence-corrected chi connectivity index (χ2v) is 18.1. The van der Waals surface area contributed by atoms with E-state index >= 15 is 0 Å². The Balaban J connectivity index is 1.28. The number of para-hydroxylation sites is 4. The molecule has 0 unspecified atom stereocenters. The van der Waals surface area contributed by atoms with Gasteiger partial charge in [0.25, 0.3) is 0 Å². The second-order valence-electron chi connectivity index (χ2n) is 18.1. The maximum atomic E-state index is 12.3. The minimum Gasteiger partial charge on any atom is -0.507 e. The highest BCUT2D eigenvalue weighted by Crippen LogP contribution is 2.45. The van der Waals surface area contributed by atoms with Gasteiger partial charge in [0.15, 0.2) is 0 Å². The molecule has 10 rings (SSSR count). The summed E-state index contributed by atoms with van der Waals surface area (Å²) in [6, 6.07) is 59.8. The molecule has 10 aromatic rings. The van der Waals surface area contributed by atoms with E-state index in [1.54, 1.807) is 0 Å². The van der Waals surface area contributed by atoms with Crippen LogP contribution in [0.5, 0.6) is 5.75 Å². The zero-order chi connectivity index (χ0) is 42.0. The molecule has 0 aliphatic heterocycles. The SMILES string of the molecule is CC(C)(C)c1cc(-c2nc3c(-c4cc(-c5ccccc5)cc(-c5nccc6c7ccccc7n(-c7ccccc7)c56)c4)cccc3n2-c2ccccc2)c(O)c(C(C)(C)C)c1. The third kappa shape index (κ3) is 6.58. The van der Waals surface area contributed by atoms with Gasteiger partial charge in [-0.2, -0.15) is 0 Å². The number of aromatic nitrogens is 4. The summed E-state index contributed by atoms with van der Waals surface area (Å²) in [6.45, 7) is 13.1. The Morgan fingerprint density at radius 2 is 1.08 bits per heavy atom. The quantitative estimate of drug-likeness (QED) is 0.182. The van der Waals surface area contributed by atoms with E-state index in [1.165, 1.54) is 5.39 Å². The number of aromatic hydroxyl groups is 1. The van der Waals surface area contributed by atoms with Crippen molar-refractivity contribution in [3.63, 3.8) is 0 Å². The first kappa shape index (κ1) is 38.0. The van der Waals surface area contributed by atoms with E-state index in [1.807, 2.05) is 12.3 Å². The van der Waals surface area contributed by atoms with Gasteiger partial charge in [0.1, 0.15) is 11.6 Å². The Bertz CT molecular complexity index is 3250. The summed E-state index contributed by atoms with van der Waals surface area (Å²) in [4.78, 5) is 10.7. The van der Waals surface area contributed by atoms with Crippen LogP contribution in [0.2, 0.25) is 0 Å². The summed E-state index contributed by atoms with van der Waals surface area (Å²) < 4.78 is 4.55. The first-order chi connectivity index (χ1) is 29.5. The van der Waals surface area contributed by atoms with E-state index in [4.69, 9.17) is 9.97 Å². The Kier molecular flexibility index (Phi) is 9.03. The third-order valence-electron chi connectivity index (χ3n) is 11.9. The molecule has 1 N–H and O–H groups in total. The molecule has 0 saturated heterocycles. The van der Waals surface area contributed by atoms with Crippen molar-refractivity contribution in [2.45, 2.75) is 52.4 Å². The number of phenolic OH excluding ortho intramolecular Hbond substituents is 1. The van der Waals surface area contributed by atoms with Gasteiger partial charge in [0.2, 0.25) is 0 Å².